The Labute approximate surface area is 94.4 Å². The van der Waals surface area contributed by atoms with Crippen LogP contribution in [0.3, 0.4) is 0 Å². The first kappa shape index (κ1) is 10.5. The van der Waals surface area contributed by atoms with E-state index >= 15 is 0 Å². The van der Waals surface area contributed by atoms with E-state index in [2.05, 4.69) is 18.8 Å². The molecule has 0 bridgehead atoms. The van der Waals surface area contributed by atoms with Gasteiger partial charge in [-0.1, -0.05) is 17.7 Å². The van der Waals surface area contributed by atoms with Crippen LogP contribution in [0.1, 0.15) is 16.8 Å². The average Bonchev–Trinajstić information content (AvgIpc) is 2.53. The fourth-order valence-corrected chi connectivity index (χ4v) is 2.32. The molecule has 1 aromatic carbocycles. The summed E-state index contributed by atoms with van der Waals surface area (Å²) in [5.74, 6) is 0. The van der Waals surface area contributed by atoms with Crippen molar-refractivity contribution in [2.75, 3.05) is 6.54 Å². The van der Waals surface area contributed by atoms with Crippen LogP contribution in [-0.2, 0) is 6.42 Å². The Morgan fingerprint density at radius 1 is 1.33 bits per heavy atom. The number of nitrogens with two attached hydrogens (primary N) is 1. The van der Waals surface area contributed by atoms with E-state index in [0.29, 0.717) is 6.54 Å². The van der Waals surface area contributed by atoms with E-state index in [1.54, 1.807) is 0 Å². The largest absolute Gasteiger partial charge is 0.358 e. The summed E-state index contributed by atoms with van der Waals surface area (Å²) < 4.78 is 0. The molecule has 0 amide bonds. The lowest BCUT2D eigenvalue weighted by molar-refractivity contribution is 0.963. The van der Waals surface area contributed by atoms with Gasteiger partial charge in [0, 0.05) is 11.1 Å². The summed E-state index contributed by atoms with van der Waals surface area (Å²) in [5.41, 5.74) is 10.4. The van der Waals surface area contributed by atoms with Gasteiger partial charge >= 0.3 is 0 Å². The first-order chi connectivity index (χ1) is 7.15. The number of fused-ring (bicyclic) bond motifs is 1. The summed E-state index contributed by atoms with van der Waals surface area (Å²) in [6, 6.07) is 3.99. The molecule has 1 heterocycles. The second-order valence-corrected chi connectivity index (χ2v) is 4.29. The number of hydrogen-bond acceptors (Lipinski definition) is 1. The number of rotatable bonds is 2. The Kier molecular flexibility index (Phi) is 2.72. The van der Waals surface area contributed by atoms with Crippen molar-refractivity contribution >= 4 is 22.5 Å². The molecule has 0 spiro atoms. The molecule has 15 heavy (non-hydrogen) atoms. The zero-order valence-corrected chi connectivity index (χ0v) is 9.78. The molecule has 0 aliphatic carbocycles. The van der Waals surface area contributed by atoms with Crippen molar-refractivity contribution in [2.45, 2.75) is 20.3 Å². The molecular formula is C12H15ClN2. The molecular weight excluding hydrogens is 208 g/mol. The number of nitrogens with one attached hydrogen (secondary N) is 1. The Balaban J connectivity index is 2.79. The van der Waals surface area contributed by atoms with Crippen LogP contribution in [0.4, 0.5) is 0 Å². The van der Waals surface area contributed by atoms with Crippen LogP contribution in [0.25, 0.3) is 10.9 Å². The lowest BCUT2D eigenvalue weighted by Crippen LogP contribution is -2.03. The van der Waals surface area contributed by atoms with Gasteiger partial charge in [-0.2, -0.15) is 0 Å². The van der Waals surface area contributed by atoms with E-state index in [1.165, 1.54) is 16.8 Å². The Morgan fingerprint density at radius 2 is 2.07 bits per heavy atom. The fourth-order valence-electron chi connectivity index (χ4n) is 2.04. The third-order valence-corrected chi connectivity index (χ3v) is 3.14. The maximum Gasteiger partial charge on any atom is 0.0503 e. The normalized spacial score (nSPS) is 11.2. The zero-order chi connectivity index (χ0) is 11.0. The highest BCUT2D eigenvalue weighted by atomic mass is 35.5. The number of benzene rings is 1. The van der Waals surface area contributed by atoms with E-state index in [4.69, 9.17) is 17.3 Å². The average molecular weight is 223 g/mol. The topological polar surface area (TPSA) is 41.8 Å². The fraction of sp³-hybridized carbons (Fsp3) is 0.333. The van der Waals surface area contributed by atoms with Crippen molar-refractivity contribution < 1.29 is 0 Å². The molecule has 0 aliphatic heterocycles. The summed E-state index contributed by atoms with van der Waals surface area (Å²) in [5, 5.41) is 1.95. The van der Waals surface area contributed by atoms with Crippen LogP contribution < -0.4 is 5.73 Å². The molecule has 3 N–H and O–H groups in total. The molecule has 3 heteroatoms. The third-order valence-electron chi connectivity index (χ3n) is 2.82. The van der Waals surface area contributed by atoms with Gasteiger partial charge in [0.15, 0.2) is 0 Å². The maximum atomic E-state index is 6.22. The molecule has 0 fully saturated rings. The van der Waals surface area contributed by atoms with Gasteiger partial charge in [-0.15, -0.1) is 0 Å². The molecule has 2 nitrogen and oxygen atoms in total. The first-order valence-corrected chi connectivity index (χ1v) is 5.49. The van der Waals surface area contributed by atoms with Crippen molar-refractivity contribution in [1.82, 2.24) is 4.98 Å². The van der Waals surface area contributed by atoms with Crippen LogP contribution in [0.5, 0.6) is 0 Å². The van der Waals surface area contributed by atoms with E-state index in [0.717, 1.165) is 22.3 Å². The second-order valence-electron chi connectivity index (χ2n) is 3.88. The summed E-state index contributed by atoms with van der Waals surface area (Å²) in [6.45, 7) is 4.81. The highest BCUT2D eigenvalue weighted by Gasteiger charge is 2.12. The van der Waals surface area contributed by atoms with Gasteiger partial charge in [0.25, 0.3) is 0 Å². The maximum absolute atomic E-state index is 6.22. The predicted octanol–water partition coefficient (Wildman–Crippen LogP) is 2.94. The van der Waals surface area contributed by atoms with Gasteiger partial charge in [0.1, 0.15) is 0 Å². The molecule has 2 aromatic rings. The van der Waals surface area contributed by atoms with Crippen LogP contribution in [0, 0.1) is 13.8 Å². The minimum Gasteiger partial charge on any atom is -0.358 e. The molecule has 1 aromatic heterocycles. The highest BCUT2D eigenvalue weighted by molar-refractivity contribution is 6.35. The van der Waals surface area contributed by atoms with E-state index in [-0.39, 0.29) is 0 Å². The first-order valence-electron chi connectivity index (χ1n) is 5.11. The molecule has 0 saturated carbocycles. The number of halogens is 1. The molecule has 0 aliphatic rings. The quantitative estimate of drug-likeness (QED) is 0.806. The van der Waals surface area contributed by atoms with E-state index < -0.39 is 0 Å². The summed E-state index contributed by atoms with van der Waals surface area (Å²) >= 11 is 6.22. The standard InChI is InChI=1S/C12H15ClN2/c1-7-3-4-10(13)11-9(5-6-14)8(2)15-12(7)11/h3-4,15H,5-6,14H2,1-2H3. The molecule has 0 atom stereocenters. The number of hydrogen-bond donors (Lipinski definition) is 2. The Morgan fingerprint density at radius 3 is 2.73 bits per heavy atom. The summed E-state index contributed by atoms with van der Waals surface area (Å²) in [7, 11) is 0. The smallest absolute Gasteiger partial charge is 0.0503 e. The number of aromatic nitrogens is 1. The van der Waals surface area contributed by atoms with Gasteiger partial charge in [-0.3, -0.25) is 0 Å². The van der Waals surface area contributed by atoms with E-state index in [1.807, 2.05) is 12.1 Å². The monoisotopic (exact) mass is 222 g/mol. The van der Waals surface area contributed by atoms with Crippen LogP contribution >= 0.6 is 11.6 Å². The molecule has 2 rings (SSSR count). The van der Waals surface area contributed by atoms with Crippen molar-refractivity contribution in [2.24, 2.45) is 5.73 Å². The molecule has 80 valence electrons. The Bertz CT molecular complexity index is 500. The molecule has 0 unspecified atom stereocenters. The lowest BCUT2D eigenvalue weighted by atomic mass is 10.1. The molecule has 0 radical (unpaired) electrons. The van der Waals surface area contributed by atoms with Gasteiger partial charge in [0.2, 0.25) is 0 Å². The van der Waals surface area contributed by atoms with Crippen molar-refractivity contribution in [3.05, 3.63) is 34.0 Å². The third kappa shape index (κ3) is 1.64. The SMILES string of the molecule is Cc1[nH]c2c(C)ccc(Cl)c2c1CCN. The minimum atomic E-state index is 0.651. The van der Waals surface area contributed by atoms with Gasteiger partial charge in [-0.05, 0) is 44.0 Å². The van der Waals surface area contributed by atoms with Crippen LogP contribution in [0.2, 0.25) is 5.02 Å². The van der Waals surface area contributed by atoms with Gasteiger partial charge < -0.3 is 10.7 Å². The highest BCUT2D eigenvalue weighted by Crippen LogP contribution is 2.31. The van der Waals surface area contributed by atoms with Gasteiger partial charge in [-0.25, -0.2) is 0 Å². The lowest BCUT2D eigenvalue weighted by Gasteiger charge is -2.01. The zero-order valence-electron chi connectivity index (χ0n) is 9.02. The van der Waals surface area contributed by atoms with Crippen LogP contribution in [-0.4, -0.2) is 11.5 Å². The molecule has 0 saturated heterocycles. The Hall–Kier alpha value is -0.990. The second kappa shape index (κ2) is 3.87. The predicted molar refractivity (Wildman–Crippen MR) is 65.5 cm³/mol. The van der Waals surface area contributed by atoms with Crippen LogP contribution in [0.15, 0.2) is 12.1 Å². The van der Waals surface area contributed by atoms with Crippen molar-refractivity contribution in [3.63, 3.8) is 0 Å². The van der Waals surface area contributed by atoms with E-state index in [9.17, 15) is 0 Å². The van der Waals surface area contributed by atoms with Crippen molar-refractivity contribution in [1.29, 1.82) is 0 Å². The summed E-state index contributed by atoms with van der Waals surface area (Å²) in [4.78, 5) is 3.38. The number of aromatic amines is 1. The number of H-pyrrole nitrogens is 1. The van der Waals surface area contributed by atoms with Crippen molar-refractivity contribution in [3.8, 4) is 0 Å². The summed E-state index contributed by atoms with van der Waals surface area (Å²) in [6.07, 6.45) is 0.870. The minimum absolute atomic E-state index is 0.651. The number of aryl methyl sites for hydroxylation is 2. The van der Waals surface area contributed by atoms with Gasteiger partial charge in [0.05, 0.1) is 10.5 Å².